The summed E-state index contributed by atoms with van der Waals surface area (Å²) in [6.07, 6.45) is -1.26. The van der Waals surface area contributed by atoms with Gasteiger partial charge in [0.25, 0.3) is 11.6 Å². The number of carbonyl (C=O) groups is 4. The van der Waals surface area contributed by atoms with Crippen LogP contribution >= 0.6 is 0 Å². The number of esters is 1. The van der Waals surface area contributed by atoms with E-state index in [1.54, 1.807) is 30.3 Å². The van der Waals surface area contributed by atoms with Crippen molar-refractivity contribution < 1.29 is 28.8 Å². The minimum atomic E-state index is -1.04. The molecule has 1 heterocycles. The van der Waals surface area contributed by atoms with Gasteiger partial charge in [0, 0.05) is 18.1 Å². The van der Waals surface area contributed by atoms with Crippen molar-refractivity contribution in [1.29, 1.82) is 0 Å². The number of hydrogen-bond donors (Lipinski definition) is 1. The van der Waals surface area contributed by atoms with Crippen molar-refractivity contribution in [1.82, 2.24) is 10.4 Å². The van der Waals surface area contributed by atoms with E-state index >= 15 is 0 Å². The number of nitro benzene ring substituents is 1. The molecule has 2 aromatic rings. The molecule has 2 aromatic carbocycles. The van der Waals surface area contributed by atoms with E-state index in [2.05, 4.69) is 5.43 Å². The van der Waals surface area contributed by atoms with Gasteiger partial charge < -0.3 is 4.74 Å². The Morgan fingerprint density at radius 3 is 2.45 bits per heavy atom. The second-order valence-electron chi connectivity index (χ2n) is 6.93. The summed E-state index contributed by atoms with van der Waals surface area (Å²) < 4.78 is 5.22. The Hall–Kier alpha value is -4.08. The molecule has 1 fully saturated rings. The fourth-order valence-electron chi connectivity index (χ4n) is 3.14. The van der Waals surface area contributed by atoms with Gasteiger partial charge in [0.2, 0.25) is 11.7 Å². The van der Waals surface area contributed by atoms with E-state index in [1.165, 1.54) is 31.2 Å². The van der Waals surface area contributed by atoms with Gasteiger partial charge in [-0.15, -0.1) is 0 Å². The number of carbonyl (C=O) groups excluding carboxylic acids is 4. The summed E-state index contributed by atoms with van der Waals surface area (Å²) >= 11 is 0. The third kappa shape index (κ3) is 4.92. The third-order valence-corrected chi connectivity index (χ3v) is 4.76. The molecular formula is C21H19N3O7. The first-order valence-corrected chi connectivity index (χ1v) is 9.42. The number of hydrogen-bond acceptors (Lipinski definition) is 7. The zero-order valence-corrected chi connectivity index (χ0v) is 16.5. The minimum Gasteiger partial charge on any atom is -0.454 e. The summed E-state index contributed by atoms with van der Waals surface area (Å²) in [5.41, 5.74) is 2.06. The standard InChI is InChI=1S/C21H19N3O7/c1-13(19(26)14-7-3-2-4-8-14)31-21(28)15-11-18(25)23(12-15)22-20(27)16-9-5-6-10-17(16)24(29)30/h2-10,13,15H,11-12H2,1H3,(H,22,27)/t13-,15+/m0/s1. The van der Waals surface area contributed by atoms with Crippen LogP contribution in [0.5, 0.6) is 0 Å². The van der Waals surface area contributed by atoms with Crippen molar-refractivity contribution in [2.45, 2.75) is 19.4 Å². The van der Waals surface area contributed by atoms with Crippen molar-refractivity contribution in [3.05, 3.63) is 75.8 Å². The van der Waals surface area contributed by atoms with E-state index in [0.717, 1.165) is 5.01 Å². The zero-order valence-electron chi connectivity index (χ0n) is 16.5. The van der Waals surface area contributed by atoms with Crippen LogP contribution in [0.3, 0.4) is 0 Å². The van der Waals surface area contributed by atoms with Crippen molar-refractivity contribution in [2.24, 2.45) is 5.92 Å². The molecule has 1 N–H and O–H groups in total. The number of amides is 2. The maximum atomic E-state index is 12.4. The number of Topliss-reactive ketones (excluding diaryl/α,β-unsaturated/α-hetero) is 1. The lowest BCUT2D eigenvalue weighted by Gasteiger charge is -2.18. The van der Waals surface area contributed by atoms with Crippen LogP contribution in [0, 0.1) is 16.0 Å². The third-order valence-electron chi connectivity index (χ3n) is 4.76. The largest absolute Gasteiger partial charge is 0.454 e. The van der Waals surface area contributed by atoms with Crippen LogP contribution in [0.4, 0.5) is 5.69 Å². The van der Waals surface area contributed by atoms with E-state index in [1.807, 2.05) is 0 Å². The van der Waals surface area contributed by atoms with Gasteiger partial charge in [0.15, 0.2) is 6.10 Å². The lowest BCUT2D eigenvalue weighted by atomic mass is 10.1. The second-order valence-corrected chi connectivity index (χ2v) is 6.93. The molecule has 10 nitrogen and oxygen atoms in total. The Kier molecular flexibility index (Phi) is 6.39. The van der Waals surface area contributed by atoms with Gasteiger partial charge in [-0.3, -0.25) is 39.7 Å². The maximum Gasteiger partial charge on any atom is 0.312 e. The minimum absolute atomic E-state index is 0.170. The van der Waals surface area contributed by atoms with Crippen molar-refractivity contribution >= 4 is 29.3 Å². The molecule has 31 heavy (non-hydrogen) atoms. The predicted octanol–water partition coefficient (Wildman–Crippen LogP) is 1.90. The molecule has 1 aliphatic rings. The number of ether oxygens (including phenoxy) is 1. The van der Waals surface area contributed by atoms with Gasteiger partial charge in [-0.05, 0) is 13.0 Å². The van der Waals surface area contributed by atoms with E-state index in [0.29, 0.717) is 5.56 Å². The number of benzene rings is 2. The summed E-state index contributed by atoms with van der Waals surface area (Å²) in [6, 6.07) is 13.6. The summed E-state index contributed by atoms with van der Waals surface area (Å²) in [5, 5.41) is 12.0. The molecular weight excluding hydrogens is 406 g/mol. The Morgan fingerprint density at radius 1 is 1.13 bits per heavy atom. The molecule has 0 spiro atoms. The molecule has 3 rings (SSSR count). The monoisotopic (exact) mass is 425 g/mol. The normalized spacial score (nSPS) is 16.5. The SMILES string of the molecule is C[C@H](OC(=O)[C@@H]1CC(=O)N(NC(=O)c2ccccc2[N+](=O)[O-])C1)C(=O)c1ccccc1. The Balaban J connectivity index is 1.61. The topological polar surface area (TPSA) is 136 Å². The highest BCUT2D eigenvalue weighted by Crippen LogP contribution is 2.21. The number of ketones is 1. The highest BCUT2D eigenvalue weighted by atomic mass is 16.6. The first kappa shape index (κ1) is 21.6. The van der Waals surface area contributed by atoms with E-state index in [9.17, 15) is 29.3 Å². The molecule has 0 unspecified atom stereocenters. The first-order chi connectivity index (χ1) is 14.8. The molecule has 1 aliphatic heterocycles. The van der Waals surface area contributed by atoms with Gasteiger partial charge in [-0.1, -0.05) is 42.5 Å². The van der Waals surface area contributed by atoms with Crippen LogP contribution in [-0.4, -0.2) is 46.1 Å². The zero-order chi connectivity index (χ0) is 22.5. The van der Waals surface area contributed by atoms with Gasteiger partial charge in [0.05, 0.1) is 17.4 Å². The average Bonchev–Trinajstić information content (AvgIpc) is 3.14. The fourth-order valence-corrected chi connectivity index (χ4v) is 3.14. The molecule has 2 amide bonds. The molecule has 0 saturated carbocycles. The number of hydrazine groups is 1. The molecule has 0 aromatic heterocycles. The Labute approximate surface area is 176 Å². The first-order valence-electron chi connectivity index (χ1n) is 9.42. The number of rotatable bonds is 7. The number of nitrogens with one attached hydrogen (secondary N) is 1. The Bertz CT molecular complexity index is 1040. The summed E-state index contributed by atoms with van der Waals surface area (Å²) in [4.78, 5) is 59.8. The van der Waals surface area contributed by atoms with Crippen LogP contribution < -0.4 is 5.43 Å². The molecule has 1 saturated heterocycles. The van der Waals surface area contributed by atoms with E-state index in [4.69, 9.17) is 4.74 Å². The molecule has 160 valence electrons. The molecule has 2 atom stereocenters. The number of nitro groups is 1. The van der Waals surface area contributed by atoms with Gasteiger partial charge in [0.1, 0.15) is 5.56 Å². The van der Waals surface area contributed by atoms with Gasteiger partial charge in [-0.2, -0.15) is 0 Å². The van der Waals surface area contributed by atoms with Crippen LogP contribution in [0.15, 0.2) is 54.6 Å². The lowest BCUT2D eigenvalue weighted by Crippen LogP contribution is -2.43. The molecule has 10 heteroatoms. The predicted molar refractivity (Wildman–Crippen MR) is 107 cm³/mol. The van der Waals surface area contributed by atoms with Crippen molar-refractivity contribution in [2.75, 3.05) is 6.54 Å². The average molecular weight is 425 g/mol. The van der Waals surface area contributed by atoms with Crippen LogP contribution in [0.1, 0.15) is 34.1 Å². The van der Waals surface area contributed by atoms with Crippen molar-refractivity contribution in [3.63, 3.8) is 0 Å². The quantitative estimate of drug-likeness (QED) is 0.310. The smallest absolute Gasteiger partial charge is 0.312 e. The molecule has 0 bridgehead atoms. The number of para-hydroxylation sites is 1. The second kappa shape index (κ2) is 9.16. The fraction of sp³-hybridized carbons (Fsp3) is 0.238. The van der Waals surface area contributed by atoms with E-state index < -0.39 is 40.4 Å². The van der Waals surface area contributed by atoms with Crippen molar-refractivity contribution in [3.8, 4) is 0 Å². The summed E-state index contributed by atoms with van der Waals surface area (Å²) in [7, 11) is 0. The highest BCUT2D eigenvalue weighted by Gasteiger charge is 2.38. The summed E-state index contributed by atoms with van der Waals surface area (Å²) in [6.45, 7) is 1.27. The Morgan fingerprint density at radius 2 is 1.77 bits per heavy atom. The molecule has 0 radical (unpaired) electrons. The number of nitrogens with zero attached hydrogens (tertiary/aromatic N) is 2. The van der Waals surface area contributed by atoms with Gasteiger partial charge >= 0.3 is 5.97 Å². The van der Waals surface area contributed by atoms with Crippen LogP contribution in [-0.2, 0) is 14.3 Å². The highest BCUT2D eigenvalue weighted by molar-refractivity contribution is 6.01. The molecule has 0 aliphatic carbocycles. The van der Waals surface area contributed by atoms with Crippen LogP contribution in [0.2, 0.25) is 0 Å². The van der Waals surface area contributed by atoms with E-state index in [-0.39, 0.29) is 24.3 Å². The lowest BCUT2D eigenvalue weighted by molar-refractivity contribution is -0.385. The maximum absolute atomic E-state index is 12.4. The summed E-state index contributed by atoms with van der Waals surface area (Å²) in [5.74, 6) is -3.39. The van der Waals surface area contributed by atoms with Crippen LogP contribution in [0.25, 0.3) is 0 Å². The van der Waals surface area contributed by atoms with Gasteiger partial charge in [-0.25, -0.2) is 0 Å².